The fourth-order valence-corrected chi connectivity index (χ4v) is 3.34. The SMILES string of the molecule is CC1CSCCN1C(=O)c1cc2c(cc1N)OCO2. The van der Waals surface area contributed by atoms with Gasteiger partial charge in [0.15, 0.2) is 11.5 Å². The van der Waals surface area contributed by atoms with Gasteiger partial charge in [0.1, 0.15) is 0 Å². The van der Waals surface area contributed by atoms with Gasteiger partial charge in [-0.3, -0.25) is 4.79 Å². The van der Waals surface area contributed by atoms with Gasteiger partial charge in [0.2, 0.25) is 6.79 Å². The van der Waals surface area contributed by atoms with Crippen molar-refractivity contribution in [2.24, 2.45) is 0 Å². The molecule has 0 radical (unpaired) electrons. The van der Waals surface area contributed by atoms with Crippen LogP contribution in [-0.4, -0.2) is 41.7 Å². The molecule has 1 aromatic rings. The van der Waals surface area contributed by atoms with Crippen LogP contribution in [-0.2, 0) is 0 Å². The molecule has 1 atom stereocenters. The number of fused-ring (bicyclic) bond motifs is 1. The molecule has 0 bridgehead atoms. The van der Waals surface area contributed by atoms with Crippen molar-refractivity contribution in [2.45, 2.75) is 13.0 Å². The Bertz CT molecular complexity index is 521. The Balaban J connectivity index is 1.91. The van der Waals surface area contributed by atoms with Crippen molar-refractivity contribution in [2.75, 3.05) is 30.6 Å². The standard InChI is InChI=1S/C13H16N2O3S/c1-8-6-19-3-2-15(8)13(16)9-4-11-12(5-10(9)14)18-7-17-11/h4-5,8H,2-3,6-7,14H2,1H3. The van der Waals surface area contributed by atoms with E-state index in [1.54, 1.807) is 12.1 Å². The van der Waals surface area contributed by atoms with E-state index in [1.165, 1.54) is 0 Å². The van der Waals surface area contributed by atoms with Crippen molar-refractivity contribution in [1.82, 2.24) is 4.90 Å². The molecule has 2 aliphatic rings. The van der Waals surface area contributed by atoms with Crippen LogP contribution in [0.5, 0.6) is 11.5 Å². The molecule has 0 saturated carbocycles. The number of rotatable bonds is 1. The molecule has 19 heavy (non-hydrogen) atoms. The van der Waals surface area contributed by atoms with Gasteiger partial charge in [-0.15, -0.1) is 0 Å². The summed E-state index contributed by atoms with van der Waals surface area (Å²) < 4.78 is 10.6. The monoisotopic (exact) mass is 280 g/mol. The summed E-state index contributed by atoms with van der Waals surface area (Å²) in [7, 11) is 0. The lowest BCUT2D eigenvalue weighted by atomic mass is 10.1. The molecule has 5 nitrogen and oxygen atoms in total. The Morgan fingerprint density at radius 3 is 2.89 bits per heavy atom. The fraction of sp³-hybridized carbons (Fsp3) is 0.462. The summed E-state index contributed by atoms with van der Waals surface area (Å²) in [5, 5.41) is 0. The number of anilines is 1. The van der Waals surface area contributed by atoms with E-state index in [4.69, 9.17) is 15.2 Å². The minimum atomic E-state index is -0.0244. The minimum Gasteiger partial charge on any atom is -0.454 e. The van der Waals surface area contributed by atoms with Crippen LogP contribution in [0.25, 0.3) is 0 Å². The molecule has 1 aromatic carbocycles. The molecule has 3 rings (SSSR count). The molecule has 6 heteroatoms. The molecule has 1 amide bonds. The number of hydrogen-bond donors (Lipinski definition) is 1. The summed E-state index contributed by atoms with van der Waals surface area (Å²) >= 11 is 1.87. The van der Waals surface area contributed by atoms with Crippen LogP contribution in [0.3, 0.4) is 0 Å². The molecule has 0 aromatic heterocycles. The molecule has 2 N–H and O–H groups in total. The highest BCUT2D eigenvalue weighted by Crippen LogP contribution is 2.36. The molecular formula is C13H16N2O3S. The van der Waals surface area contributed by atoms with Gasteiger partial charge in [0, 0.05) is 35.8 Å². The normalized spacial score (nSPS) is 21.5. The van der Waals surface area contributed by atoms with Gasteiger partial charge in [0.05, 0.1) is 5.56 Å². The fourth-order valence-electron chi connectivity index (χ4n) is 2.33. The molecule has 0 spiro atoms. The Kier molecular flexibility index (Phi) is 3.18. The Labute approximate surface area is 116 Å². The maximum absolute atomic E-state index is 12.6. The summed E-state index contributed by atoms with van der Waals surface area (Å²) in [5.41, 5.74) is 6.91. The third-order valence-electron chi connectivity index (χ3n) is 3.40. The first-order chi connectivity index (χ1) is 9.16. The Morgan fingerprint density at radius 1 is 1.42 bits per heavy atom. The number of ether oxygens (including phenoxy) is 2. The summed E-state index contributed by atoms with van der Waals surface area (Å²) in [5.74, 6) is 3.12. The third-order valence-corrected chi connectivity index (χ3v) is 4.59. The number of hydrogen-bond acceptors (Lipinski definition) is 5. The number of nitrogen functional groups attached to an aromatic ring is 1. The zero-order valence-electron chi connectivity index (χ0n) is 10.7. The van der Waals surface area contributed by atoms with Crippen LogP contribution in [0.2, 0.25) is 0 Å². The largest absolute Gasteiger partial charge is 0.454 e. The van der Waals surface area contributed by atoms with Crippen LogP contribution in [0.4, 0.5) is 5.69 Å². The van der Waals surface area contributed by atoms with Crippen molar-refractivity contribution in [1.29, 1.82) is 0 Å². The van der Waals surface area contributed by atoms with Crippen LogP contribution < -0.4 is 15.2 Å². The zero-order chi connectivity index (χ0) is 13.4. The van der Waals surface area contributed by atoms with Crippen molar-refractivity contribution >= 4 is 23.4 Å². The van der Waals surface area contributed by atoms with Crippen molar-refractivity contribution < 1.29 is 14.3 Å². The molecule has 102 valence electrons. The highest BCUT2D eigenvalue weighted by molar-refractivity contribution is 7.99. The number of benzene rings is 1. The lowest BCUT2D eigenvalue weighted by molar-refractivity contribution is 0.0716. The number of nitrogens with zero attached hydrogens (tertiary/aromatic N) is 1. The maximum Gasteiger partial charge on any atom is 0.256 e. The second-order valence-corrected chi connectivity index (χ2v) is 5.87. The first-order valence-corrected chi connectivity index (χ1v) is 7.40. The van der Waals surface area contributed by atoms with Gasteiger partial charge in [-0.1, -0.05) is 0 Å². The van der Waals surface area contributed by atoms with Crippen LogP contribution in [0.15, 0.2) is 12.1 Å². The summed E-state index contributed by atoms with van der Waals surface area (Å²) in [6.07, 6.45) is 0. The van der Waals surface area contributed by atoms with E-state index in [-0.39, 0.29) is 18.7 Å². The molecule has 2 heterocycles. The number of amides is 1. The maximum atomic E-state index is 12.6. The molecular weight excluding hydrogens is 264 g/mol. The third kappa shape index (κ3) is 2.20. The van der Waals surface area contributed by atoms with E-state index in [2.05, 4.69) is 6.92 Å². The average Bonchev–Trinajstić information content (AvgIpc) is 2.84. The second kappa shape index (κ2) is 4.85. The van der Waals surface area contributed by atoms with E-state index in [1.807, 2.05) is 16.7 Å². The minimum absolute atomic E-state index is 0.0244. The van der Waals surface area contributed by atoms with Crippen molar-refractivity contribution in [3.05, 3.63) is 17.7 Å². The summed E-state index contributed by atoms with van der Waals surface area (Å²) in [6.45, 7) is 3.01. The van der Waals surface area contributed by atoms with E-state index in [9.17, 15) is 4.79 Å². The molecule has 1 saturated heterocycles. The molecule has 0 aliphatic carbocycles. The van der Waals surface area contributed by atoms with Crippen molar-refractivity contribution in [3.63, 3.8) is 0 Å². The van der Waals surface area contributed by atoms with Gasteiger partial charge >= 0.3 is 0 Å². The predicted octanol–water partition coefficient (Wildman–Crippen LogP) is 1.57. The number of carbonyl (C=O) groups is 1. The van der Waals surface area contributed by atoms with Gasteiger partial charge in [-0.05, 0) is 13.0 Å². The van der Waals surface area contributed by atoms with Gasteiger partial charge in [-0.2, -0.15) is 11.8 Å². The van der Waals surface area contributed by atoms with Gasteiger partial charge in [0.25, 0.3) is 5.91 Å². The number of carbonyl (C=O) groups excluding carboxylic acids is 1. The molecule has 1 unspecified atom stereocenters. The number of nitrogens with two attached hydrogens (primary N) is 1. The number of thioether (sulfide) groups is 1. The average molecular weight is 280 g/mol. The van der Waals surface area contributed by atoms with E-state index in [0.29, 0.717) is 22.7 Å². The van der Waals surface area contributed by atoms with Gasteiger partial charge in [-0.25, -0.2) is 0 Å². The molecule has 2 aliphatic heterocycles. The lowest BCUT2D eigenvalue weighted by Crippen LogP contribution is -2.44. The topological polar surface area (TPSA) is 64.8 Å². The van der Waals surface area contributed by atoms with Crippen LogP contribution in [0, 0.1) is 0 Å². The lowest BCUT2D eigenvalue weighted by Gasteiger charge is -2.33. The first kappa shape index (κ1) is 12.5. The Morgan fingerprint density at radius 2 is 2.16 bits per heavy atom. The first-order valence-electron chi connectivity index (χ1n) is 6.24. The van der Waals surface area contributed by atoms with E-state index >= 15 is 0 Å². The second-order valence-electron chi connectivity index (χ2n) is 4.72. The smallest absolute Gasteiger partial charge is 0.256 e. The van der Waals surface area contributed by atoms with Gasteiger partial charge < -0.3 is 20.1 Å². The highest BCUT2D eigenvalue weighted by Gasteiger charge is 2.27. The van der Waals surface area contributed by atoms with E-state index in [0.717, 1.165) is 18.1 Å². The predicted molar refractivity (Wildman–Crippen MR) is 74.8 cm³/mol. The van der Waals surface area contributed by atoms with Crippen LogP contribution in [0.1, 0.15) is 17.3 Å². The quantitative estimate of drug-likeness (QED) is 0.791. The van der Waals surface area contributed by atoms with Crippen LogP contribution >= 0.6 is 11.8 Å². The van der Waals surface area contributed by atoms with E-state index < -0.39 is 0 Å². The summed E-state index contributed by atoms with van der Waals surface area (Å²) in [6, 6.07) is 3.59. The highest BCUT2D eigenvalue weighted by atomic mass is 32.2. The molecule has 1 fully saturated rings. The zero-order valence-corrected chi connectivity index (χ0v) is 11.5. The summed E-state index contributed by atoms with van der Waals surface area (Å²) in [4.78, 5) is 14.5. The van der Waals surface area contributed by atoms with Crippen molar-refractivity contribution in [3.8, 4) is 11.5 Å². The Hall–Kier alpha value is -1.56.